The number of nitrogens with zero attached hydrogens (tertiary/aromatic N) is 2. The zero-order chi connectivity index (χ0) is 14.7. The van der Waals surface area contributed by atoms with Crippen LogP contribution in [0.15, 0.2) is 48.7 Å². The molecule has 0 aliphatic heterocycles. The van der Waals surface area contributed by atoms with Crippen LogP contribution in [0.4, 0.5) is 0 Å². The monoisotopic (exact) mass is 314 g/mol. The van der Waals surface area contributed by atoms with Gasteiger partial charge in [0.25, 0.3) is 0 Å². The van der Waals surface area contributed by atoms with E-state index in [1.807, 2.05) is 18.2 Å². The first-order valence-corrected chi connectivity index (χ1v) is 8.17. The van der Waals surface area contributed by atoms with Gasteiger partial charge >= 0.3 is 0 Å². The van der Waals surface area contributed by atoms with Crippen LogP contribution in [0, 0.1) is 6.92 Å². The molecule has 1 aromatic carbocycles. The zero-order valence-corrected chi connectivity index (χ0v) is 13.3. The zero-order valence-electron chi connectivity index (χ0n) is 11.7. The lowest BCUT2D eigenvalue weighted by Gasteiger charge is -2.01. The molecule has 2 aromatic heterocycles. The third-order valence-corrected chi connectivity index (χ3v) is 4.55. The second-order valence-electron chi connectivity index (χ2n) is 4.81. The van der Waals surface area contributed by atoms with Crippen LogP contribution in [-0.4, -0.2) is 15.8 Å². The molecule has 2 heterocycles. The summed E-state index contributed by atoms with van der Waals surface area (Å²) >= 11 is 7.62. The van der Waals surface area contributed by atoms with Crippen molar-refractivity contribution >= 4 is 22.9 Å². The molecule has 4 heteroatoms. The normalized spacial score (nSPS) is 10.8. The van der Waals surface area contributed by atoms with Crippen molar-refractivity contribution in [3.63, 3.8) is 0 Å². The number of halogens is 1. The Morgan fingerprint density at radius 3 is 2.57 bits per heavy atom. The number of aromatic nitrogens is 2. The van der Waals surface area contributed by atoms with Crippen molar-refractivity contribution in [2.75, 3.05) is 5.88 Å². The van der Waals surface area contributed by atoms with Crippen LogP contribution in [0.25, 0.3) is 22.0 Å². The lowest BCUT2D eigenvalue weighted by atomic mass is 10.1. The molecule has 0 atom stereocenters. The Labute approximate surface area is 133 Å². The molecule has 3 rings (SSSR count). The maximum Gasteiger partial charge on any atom is 0.142 e. The van der Waals surface area contributed by atoms with Gasteiger partial charge in [-0.1, -0.05) is 35.9 Å². The van der Waals surface area contributed by atoms with Crippen molar-refractivity contribution in [3.8, 4) is 22.0 Å². The van der Waals surface area contributed by atoms with Gasteiger partial charge in [0.05, 0.1) is 11.4 Å². The number of hydrogen-bond acceptors (Lipinski definition) is 3. The Kier molecular flexibility index (Phi) is 4.32. The molecular weight excluding hydrogens is 300 g/mol. The van der Waals surface area contributed by atoms with Gasteiger partial charge in [0.2, 0.25) is 0 Å². The number of hydrogen-bond donors (Lipinski definition) is 0. The van der Waals surface area contributed by atoms with Crippen molar-refractivity contribution < 1.29 is 0 Å². The summed E-state index contributed by atoms with van der Waals surface area (Å²) in [7, 11) is 0. The van der Waals surface area contributed by atoms with E-state index in [-0.39, 0.29) is 0 Å². The first kappa shape index (κ1) is 14.2. The van der Waals surface area contributed by atoms with Crippen molar-refractivity contribution in [1.82, 2.24) is 9.97 Å². The molecule has 0 amide bonds. The predicted molar refractivity (Wildman–Crippen MR) is 89.9 cm³/mol. The smallest absolute Gasteiger partial charge is 0.142 e. The van der Waals surface area contributed by atoms with Crippen LogP contribution in [-0.2, 0) is 6.42 Å². The van der Waals surface area contributed by atoms with Gasteiger partial charge in [-0.15, -0.1) is 22.9 Å². The molecule has 0 spiro atoms. The van der Waals surface area contributed by atoms with Crippen LogP contribution in [0.2, 0.25) is 0 Å². The summed E-state index contributed by atoms with van der Waals surface area (Å²) in [5.41, 5.74) is 4.33. The molecule has 0 saturated carbocycles. The predicted octanol–water partition coefficient (Wildman–Crippen LogP) is 4.96. The van der Waals surface area contributed by atoms with Crippen molar-refractivity contribution in [3.05, 3.63) is 59.1 Å². The van der Waals surface area contributed by atoms with Gasteiger partial charge in [-0.3, -0.25) is 4.98 Å². The molecule has 2 nitrogen and oxygen atoms in total. The van der Waals surface area contributed by atoms with E-state index in [1.165, 1.54) is 10.4 Å². The van der Waals surface area contributed by atoms with E-state index in [0.29, 0.717) is 5.88 Å². The number of benzene rings is 1. The van der Waals surface area contributed by atoms with Gasteiger partial charge < -0.3 is 0 Å². The summed E-state index contributed by atoms with van der Waals surface area (Å²) in [5, 5.41) is 0.950. The molecule has 0 radical (unpaired) electrons. The fourth-order valence-electron chi connectivity index (χ4n) is 2.14. The molecule has 0 aliphatic carbocycles. The Balaban J connectivity index is 2.06. The highest BCUT2D eigenvalue weighted by Crippen LogP contribution is 2.33. The lowest BCUT2D eigenvalue weighted by molar-refractivity contribution is 1.18. The van der Waals surface area contributed by atoms with Gasteiger partial charge in [0, 0.05) is 22.5 Å². The molecule has 0 N–H and O–H groups in total. The second-order valence-corrected chi connectivity index (χ2v) is 6.27. The summed E-state index contributed by atoms with van der Waals surface area (Å²) in [4.78, 5) is 10.4. The van der Waals surface area contributed by atoms with E-state index in [1.54, 1.807) is 17.5 Å². The number of rotatable bonds is 4. The second kappa shape index (κ2) is 6.37. The fraction of sp³-hybridized carbons (Fsp3) is 0.176. The number of alkyl halides is 1. The topological polar surface area (TPSA) is 25.8 Å². The van der Waals surface area contributed by atoms with Gasteiger partial charge in [0.1, 0.15) is 5.01 Å². The summed E-state index contributed by atoms with van der Waals surface area (Å²) < 4.78 is 0. The van der Waals surface area contributed by atoms with Crippen LogP contribution < -0.4 is 0 Å². The molecule has 0 aliphatic rings. The number of pyridine rings is 1. The molecule has 21 heavy (non-hydrogen) atoms. The molecule has 106 valence electrons. The summed E-state index contributed by atoms with van der Waals surface area (Å²) in [6.45, 7) is 2.09. The minimum atomic E-state index is 0.600. The van der Waals surface area contributed by atoms with E-state index < -0.39 is 0 Å². The summed E-state index contributed by atoms with van der Waals surface area (Å²) in [5.74, 6) is 0.600. The van der Waals surface area contributed by atoms with Gasteiger partial charge in [-0.2, -0.15) is 0 Å². The van der Waals surface area contributed by atoms with Gasteiger partial charge in [-0.05, 0) is 25.5 Å². The van der Waals surface area contributed by atoms with Crippen LogP contribution in [0.1, 0.15) is 10.4 Å². The highest BCUT2D eigenvalue weighted by atomic mass is 35.5. The van der Waals surface area contributed by atoms with E-state index in [2.05, 4.69) is 36.2 Å². The third kappa shape index (κ3) is 3.14. The average molecular weight is 315 g/mol. The molecule has 0 fully saturated rings. The average Bonchev–Trinajstić information content (AvgIpc) is 2.93. The number of thiazole rings is 1. The SMILES string of the molecule is Cc1ccc(-c2nc(-c3ccccn3)sc2CCCl)cc1. The quantitative estimate of drug-likeness (QED) is 0.636. The van der Waals surface area contributed by atoms with Crippen molar-refractivity contribution in [2.45, 2.75) is 13.3 Å². The molecule has 3 aromatic rings. The van der Waals surface area contributed by atoms with Gasteiger partial charge in [-0.25, -0.2) is 4.98 Å². The molecule has 0 unspecified atom stereocenters. The van der Waals surface area contributed by atoms with Crippen molar-refractivity contribution in [1.29, 1.82) is 0 Å². The fourth-order valence-corrected chi connectivity index (χ4v) is 3.50. The largest absolute Gasteiger partial charge is 0.254 e. The maximum atomic E-state index is 5.94. The first-order chi connectivity index (χ1) is 10.3. The summed E-state index contributed by atoms with van der Waals surface area (Å²) in [6, 6.07) is 14.3. The highest BCUT2D eigenvalue weighted by Gasteiger charge is 2.14. The van der Waals surface area contributed by atoms with Crippen molar-refractivity contribution in [2.24, 2.45) is 0 Å². The Bertz CT molecular complexity index is 720. The molecular formula is C17H15ClN2S. The third-order valence-electron chi connectivity index (χ3n) is 3.23. The summed E-state index contributed by atoms with van der Waals surface area (Å²) in [6.07, 6.45) is 2.62. The van der Waals surface area contributed by atoms with E-state index >= 15 is 0 Å². The van der Waals surface area contributed by atoms with Gasteiger partial charge in [0.15, 0.2) is 0 Å². The molecule has 0 bridgehead atoms. The van der Waals surface area contributed by atoms with Crippen LogP contribution >= 0.6 is 22.9 Å². The minimum absolute atomic E-state index is 0.600. The maximum absolute atomic E-state index is 5.94. The highest BCUT2D eigenvalue weighted by molar-refractivity contribution is 7.15. The Hall–Kier alpha value is -1.71. The minimum Gasteiger partial charge on any atom is -0.254 e. The van der Waals surface area contributed by atoms with Crippen LogP contribution in [0.5, 0.6) is 0 Å². The first-order valence-electron chi connectivity index (χ1n) is 6.82. The van der Waals surface area contributed by atoms with E-state index in [9.17, 15) is 0 Å². The Morgan fingerprint density at radius 2 is 1.90 bits per heavy atom. The number of aryl methyl sites for hydroxylation is 2. The Morgan fingerprint density at radius 1 is 1.10 bits per heavy atom. The molecule has 0 saturated heterocycles. The van der Waals surface area contributed by atoms with E-state index in [0.717, 1.165) is 28.4 Å². The standard InChI is InChI=1S/C17H15ClN2S/c1-12-5-7-13(8-6-12)16-15(9-10-18)21-17(20-16)14-4-2-3-11-19-14/h2-8,11H,9-10H2,1H3. The van der Waals surface area contributed by atoms with E-state index in [4.69, 9.17) is 16.6 Å². The lowest BCUT2D eigenvalue weighted by Crippen LogP contribution is -1.87. The van der Waals surface area contributed by atoms with Crippen LogP contribution in [0.3, 0.4) is 0 Å².